The number of hydrogen-bond acceptors (Lipinski definition) is 6. The molecular weight excluding hydrogens is 390 g/mol. The summed E-state index contributed by atoms with van der Waals surface area (Å²) in [4.78, 5) is 62.3. The minimum absolute atomic E-state index is 0.109. The Balaban J connectivity index is 1.63. The molecule has 30 heavy (non-hydrogen) atoms. The summed E-state index contributed by atoms with van der Waals surface area (Å²) in [6.07, 6.45) is 3.23. The Morgan fingerprint density at radius 2 is 1.67 bits per heavy atom. The van der Waals surface area contributed by atoms with E-state index in [1.165, 1.54) is 7.05 Å². The van der Waals surface area contributed by atoms with Crippen molar-refractivity contribution in [2.75, 3.05) is 13.6 Å². The molecule has 3 rings (SSSR count). The Bertz CT molecular complexity index is 856. The topological polar surface area (TPSA) is 122 Å². The van der Waals surface area contributed by atoms with Crippen LogP contribution in [-0.4, -0.2) is 48.2 Å². The number of urea groups is 1. The molecule has 0 bridgehead atoms. The van der Waals surface area contributed by atoms with Crippen molar-refractivity contribution < 1.29 is 28.7 Å². The fourth-order valence-corrected chi connectivity index (χ4v) is 3.62. The average molecular weight is 413 g/mol. The van der Waals surface area contributed by atoms with Gasteiger partial charge in [0.2, 0.25) is 17.9 Å². The van der Waals surface area contributed by atoms with Gasteiger partial charge in [-0.25, -0.2) is 4.79 Å². The summed E-state index contributed by atoms with van der Waals surface area (Å²) in [5, 5.41) is 4.34. The molecule has 1 aromatic carbocycles. The molecule has 1 heterocycles. The number of nitrogens with one attached hydrogen (secondary N) is 2. The number of hydrogen-bond donors (Lipinski definition) is 2. The van der Waals surface area contributed by atoms with E-state index in [1.807, 2.05) is 12.2 Å². The summed E-state index contributed by atoms with van der Waals surface area (Å²) in [6, 6.07) is 7.51. The zero-order valence-electron chi connectivity index (χ0n) is 16.5. The zero-order chi connectivity index (χ0) is 21.7. The van der Waals surface area contributed by atoms with Crippen molar-refractivity contribution in [3.05, 3.63) is 48.0 Å². The van der Waals surface area contributed by atoms with E-state index in [1.54, 1.807) is 30.3 Å². The molecular formula is C21H23N3O6. The van der Waals surface area contributed by atoms with Crippen molar-refractivity contribution in [3.8, 4) is 0 Å². The van der Waals surface area contributed by atoms with E-state index in [0.29, 0.717) is 18.4 Å². The highest BCUT2D eigenvalue weighted by Gasteiger charge is 2.47. The Kier molecular flexibility index (Phi) is 6.61. The Morgan fingerprint density at radius 1 is 1.07 bits per heavy atom. The first kappa shape index (κ1) is 21.2. The van der Waals surface area contributed by atoms with E-state index in [0.717, 1.165) is 4.90 Å². The maximum Gasteiger partial charge on any atom is 0.321 e. The second kappa shape index (κ2) is 9.34. The molecule has 1 aliphatic heterocycles. The lowest BCUT2D eigenvalue weighted by Gasteiger charge is -2.19. The quantitative estimate of drug-likeness (QED) is 0.409. The molecule has 1 aliphatic carbocycles. The summed E-state index contributed by atoms with van der Waals surface area (Å²) < 4.78 is 5.30. The first-order valence-corrected chi connectivity index (χ1v) is 9.69. The van der Waals surface area contributed by atoms with E-state index in [9.17, 15) is 24.0 Å². The molecule has 1 aromatic rings. The number of fused-ring (bicyclic) bond motifs is 1. The number of rotatable bonds is 6. The predicted octanol–water partition coefficient (Wildman–Crippen LogP) is 1.07. The van der Waals surface area contributed by atoms with Crippen molar-refractivity contribution in [2.24, 2.45) is 11.8 Å². The minimum atomic E-state index is -1.34. The molecule has 0 aromatic heterocycles. The molecule has 2 N–H and O–H groups in total. The van der Waals surface area contributed by atoms with E-state index in [4.69, 9.17) is 4.74 Å². The summed E-state index contributed by atoms with van der Waals surface area (Å²) in [5.74, 6) is -2.86. The number of likely N-dealkylation sites (tertiary alicyclic amines) is 1. The van der Waals surface area contributed by atoms with E-state index < -0.39 is 24.0 Å². The van der Waals surface area contributed by atoms with E-state index in [2.05, 4.69) is 10.6 Å². The predicted molar refractivity (Wildman–Crippen MR) is 105 cm³/mol. The largest absolute Gasteiger partial charge is 0.447 e. The van der Waals surface area contributed by atoms with Crippen LogP contribution in [0, 0.1) is 11.8 Å². The average Bonchev–Trinajstić information content (AvgIpc) is 3.01. The van der Waals surface area contributed by atoms with Crippen LogP contribution in [0.4, 0.5) is 4.79 Å². The maximum atomic E-state index is 12.5. The third-order valence-corrected chi connectivity index (χ3v) is 5.19. The lowest BCUT2D eigenvalue weighted by atomic mass is 9.85. The molecule has 3 atom stereocenters. The first-order chi connectivity index (χ1) is 14.4. The lowest BCUT2D eigenvalue weighted by molar-refractivity contribution is -0.157. The molecule has 1 fully saturated rings. The highest BCUT2D eigenvalue weighted by atomic mass is 16.5. The first-order valence-electron chi connectivity index (χ1n) is 9.69. The number of allylic oxidation sites excluding steroid dienone is 2. The molecule has 1 saturated heterocycles. The fraction of sp³-hybridized carbons (Fsp3) is 0.381. The number of carbonyl (C=O) groups excluding carboxylic acids is 5. The normalized spacial score (nSPS) is 21.0. The van der Waals surface area contributed by atoms with Crippen molar-refractivity contribution in [1.82, 2.24) is 15.5 Å². The lowest BCUT2D eigenvalue weighted by Crippen LogP contribution is -2.41. The summed E-state index contributed by atoms with van der Waals surface area (Å²) in [6.45, 7) is -0.109. The maximum absolute atomic E-state index is 12.5. The molecule has 9 heteroatoms. The van der Waals surface area contributed by atoms with Gasteiger partial charge >= 0.3 is 12.0 Å². The standard InChI is InChI=1S/C21H23N3O6/c1-22-21(29)23-18(26)17(13-7-3-2-4-8-13)30-16(25)11-12-24-19(27)14-9-5-6-10-15(14)20(24)28/h2-8,14-15,17H,9-12H2,1H3,(H2,22,23,26,29)/t14-,15-,17-/m0/s1. The Morgan fingerprint density at radius 3 is 2.23 bits per heavy atom. The van der Waals surface area contributed by atoms with Crippen molar-refractivity contribution in [2.45, 2.75) is 25.4 Å². The van der Waals surface area contributed by atoms with Crippen molar-refractivity contribution in [3.63, 3.8) is 0 Å². The molecule has 158 valence electrons. The molecule has 0 radical (unpaired) electrons. The van der Waals surface area contributed by atoms with Gasteiger partial charge in [0, 0.05) is 19.2 Å². The smallest absolute Gasteiger partial charge is 0.321 e. The van der Waals surface area contributed by atoms with Gasteiger partial charge in [-0.05, 0) is 12.8 Å². The third kappa shape index (κ3) is 4.56. The summed E-state index contributed by atoms with van der Waals surface area (Å²) in [7, 11) is 1.35. The molecule has 5 amide bonds. The van der Waals surface area contributed by atoms with Gasteiger partial charge in [-0.3, -0.25) is 29.4 Å². The number of carbonyl (C=O) groups is 5. The van der Waals surface area contributed by atoms with Crippen LogP contribution in [-0.2, 0) is 23.9 Å². The van der Waals surface area contributed by atoms with Crippen molar-refractivity contribution in [1.29, 1.82) is 0 Å². The van der Waals surface area contributed by atoms with Gasteiger partial charge in [0.15, 0.2) is 0 Å². The number of nitrogens with zero attached hydrogens (tertiary/aromatic N) is 1. The molecule has 2 aliphatic rings. The molecule has 0 spiro atoms. The monoisotopic (exact) mass is 413 g/mol. The minimum Gasteiger partial charge on any atom is -0.447 e. The van der Waals surface area contributed by atoms with Crippen LogP contribution < -0.4 is 10.6 Å². The van der Waals surface area contributed by atoms with E-state index in [-0.39, 0.29) is 36.6 Å². The van der Waals surface area contributed by atoms with Crippen LogP contribution in [0.3, 0.4) is 0 Å². The van der Waals surface area contributed by atoms with Crippen LogP contribution in [0.25, 0.3) is 0 Å². The Labute approximate surface area is 173 Å². The van der Waals surface area contributed by atoms with Gasteiger partial charge in [-0.1, -0.05) is 42.5 Å². The van der Waals surface area contributed by atoms with Gasteiger partial charge < -0.3 is 10.1 Å². The number of amides is 5. The summed E-state index contributed by atoms with van der Waals surface area (Å²) in [5.41, 5.74) is 0.387. The molecule has 9 nitrogen and oxygen atoms in total. The third-order valence-electron chi connectivity index (χ3n) is 5.19. The van der Waals surface area contributed by atoms with E-state index >= 15 is 0 Å². The fourth-order valence-electron chi connectivity index (χ4n) is 3.62. The second-order valence-corrected chi connectivity index (χ2v) is 7.08. The number of benzene rings is 1. The Hall–Kier alpha value is -3.49. The van der Waals surface area contributed by atoms with Crippen LogP contribution in [0.15, 0.2) is 42.5 Å². The number of imide groups is 2. The second-order valence-electron chi connectivity index (χ2n) is 7.08. The number of esters is 1. The van der Waals surface area contributed by atoms with Crippen LogP contribution in [0.5, 0.6) is 0 Å². The van der Waals surface area contributed by atoms with Crippen LogP contribution >= 0.6 is 0 Å². The SMILES string of the molecule is CNC(=O)NC(=O)[C@@H](OC(=O)CCN1C(=O)[C@H]2CC=CC[C@@H]2C1=O)c1ccccc1. The van der Waals surface area contributed by atoms with Crippen LogP contribution in [0.1, 0.15) is 30.9 Å². The van der Waals surface area contributed by atoms with Gasteiger partial charge in [-0.2, -0.15) is 0 Å². The van der Waals surface area contributed by atoms with Crippen molar-refractivity contribution >= 4 is 29.7 Å². The van der Waals surface area contributed by atoms with Gasteiger partial charge in [-0.15, -0.1) is 0 Å². The van der Waals surface area contributed by atoms with Gasteiger partial charge in [0.1, 0.15) is 0 Å². The molecule has 0 unspecified atom stereocenters. The van der Waals surface area contributed by atoms with Gasteiger partial charge in [0.25, 0.3) is 5.91 Å². The summed E-state index contributed by atoms with van der Waals surface area (Å²) >= 11 is 0. The highest BCUT2D eigenvalue weighted by Crippen LogP contribution is 2.35. The number of ether oxygens (including phenoxy) is 1. The zero-order valence-corrected chi connectivity index (χ0v) is 16.5. The van der Waals surface area contributed by atoms with Gasteiger partial charge in [0.05, 0.1) is 18.3 Å². The van der Waals surface area contributed by atoms with Crippen LogP contribution in [0.2, 0.25) is 0 Å². The molecule has 0 saturated carbocycles. The highest BCUT2D eigenvalue weighted by molar-refractivity contribution is 6.05.